The molecule has 0 aliphatic heterocycles. The van der Waals surface area contributed by atoms with Crippen LogP contribution in [0.25, 0.3) is 0 Å². The van der Waals surface area contributed by atoms with Crippen LogP contribution in [0.15, 0.2) is 12.3 Å². The molecule has 0 atom stereocenters. The second-order valence-electron chi connectivity index (χ2n) is 3.81. The maximum absolute atomic E-state index is 5.97. The Labute approximate surface area is 72.6 Å². The van der Waals surface area contributed by atoms with Crippen LogP contribution in [0.3, 0.4) is 0 Å². The van der Waals surface area contributed by atoms with E-state index in [0.717, 1.165) is 13.0 Å². The minimum Gasteiger partial charge on any atom is -0.325 e. The molecule has 12 heavy (non-hydrogen) atoms. The molecule has 0 amide bonds. The zero-order valence-electron chi connectivity index (χ0n) is 7.45. The van der Waals surface area contributed by atoms with Gasteiger partial charge in [-0.3, -0.25) is 4.68 Å². The molecule has 1 aliphatic rings. The van der Waals surface area contributed by atoms with E-state index in [9.17, 15) is 0 Å². The Morgan fingerprint density at radius 3 is 2.92 bits per heavy atom. The van der Waals surface area contributed by atoms with E-state index in [1.54, 1.807) is 0 Å². The maximum Gasteiger partial charge on any atom is 0.0492 e. The van der Waals surface area contributed by atoms with E-state index >= 15 is 0 Å². The van der Waals surface area contributed by atoms with Crippen molar-refractivity contribution in [3.63, 3.8) is 0 Å². The van der Waals surface area contributed by atoms with Gasteiger partial charge in [0.05, 0.1) is 0 Å². The van der Waals surface area contributed by atoms with Crippen molar-refractivity contribution in [2.24, 2.45) is 5.73 Å². The van der Waals surface area contributed by atoms with Crippen LogP contribution in [0, 0.1) is 6.92 Å². The van der Waals surface area contributed by atoms with Gasteiger partial charge in [-0.25, -0.2) is 0 Å². The van der Waals surface area contributed by atoms with E-state index in [1.165, 1.54) is 18.5 Å². The van der Waals surface area contributed by atoms with Crippen LogP contribution in [-0.4, -0.2) is 15.3 Å². The summed E-state index contributed by atoms with van der Waals surface area (Å²) < 4.78 is 2.02. The van der Waals surface area contributed by atoms with Crippen LogP contribution >= 0.6 is 0 Å². The third-order valence-corrected chi connectivity index (χ3v) is 2.64. The molecule has 1 saturated carbocycles. The predicted octanol–water partition coefficient (Wildman–Crippen LogP) is 1.07. The lowest BCUT2D eigenvalue weighted by Gasteiger charge is -2.09. The lowest BCUT2D eigenvalue weighted by atomic mass is 10.2. The molecular weight excluding hydrogens is 150 g/mol. The highest BCUT2D eigenvalue weighted by Crippen LogP contribution is 2.35. The summed E-state index contributed by atoms with van der Waals surface area (Å²) in [7, 11) is 0. The van der Waals surface area contributed by atoms with Gasteiger partial charge >= 0.3 is 0 Å². The van der Waals surface area contributed by atoms with Gasteiger partial charge < -0.3 is 5.73 Å². The molecule has 2 N–H and O–H groups in total. The molecule has 1 fully saturated rings. The molecule has 0 bridgehead atoms. The van der Waals surface area contributed by atoms with E-state index in [-0.39, 0.29) is 5.54 Å². The standard InChI is InChI=1S/C9H15N3/c1-8-2-6-11-12(8)7-5-9(10)3-4-9/h2,6H,3-5,7,10H2,1H3. The summed E-state index contributed by atoms with van der Waals surface area (Å²) in [5.74, 6) is 0. The van der Waals surface area contributed by atoms with Crippen molar-refractivity contribution < 1.29 is 0 Å². The molecule has 3 heteroatoms. The Morgan fingerprint density at radius 1 is 1.67 bits per heavy atom. The molecule has 0 saturated heterocycles. The van der Waals surface area contributed by atoms with Crippen LogP contribution < -0.4 is 5.73 Å². The minimum absolute atomic E-state index is 0.151. The smallest absolute Gasteiger partial charge is 0.0492 e. The minimum atomic E-state index is 0.151. The molecule has 1 aromatic heterocycles. The average Bonchev–Trinajstić information content (AvgIpc) is 2.61. The Kier molecular flexibility index (Phi) is 1.68. The molecule has 1 aliphatic carbocycles. The van der Waals surface area contributed by atoms with Crippen molar-refractivity contribution in [2.75, 3.05) is 0 Å². The highest BCUT2D eigenvalue weighted by atomic mass is 15.3. The van der Waals surface area contributed by atoms with Gasteiger partial charge in [0.25, 0.3) is 0 Å². The zero-order chi connectivity index (χ0) is 8.60. The average molecular weight is 165 g/mol. The van der Waals surface area contributed by atoms with Crippen molar-refractivity contribution in [3.05, 3.63) is 18.0 Å². The largest absolute Gasteiger partial charge is 0.325 e. The fraction of sp³-hybridized carbons (Fsp3) is 0.667. The normalized spacial score (nSPS) is 19.5. The van der Waals surface area contributed by atoms with Crippen molar-refractivity contribution in [1.82, 2.24) is 9.78 Å². The summed E-state index contributed by atoms with van der Waals surface area (Å²) >= 11 is 0. The highest BCUT2D eigenvalue weighted by Gasteiger charge is 2.37. The quantitative estimate of drug-likeness (QED) is 0.728. The van der Waals surface area contributed by atoms with Crippen LogP contribution in [-0.2, 0) is 6.54 Å². The number of rotatable bonds is 3. The Bertz CT molecular complexity index is 273. The first-order valence-electron chi connectivity index (χ1n) is 4.47. The number of nitrogens with two attached hydrogens (primary N) is 1. The first-order valence-corrected chi connectivity index (χ1v) is 4.47. The maximum atomic E-state index is 5.97. The van der Waals surface area contributed by atoms with Crippen LogP contribution in [0.4, 0.5) is 0 Å². The van der Waals surface area contributed by atoms with Crippen molar-refractivity contribution in [3.8, 4) is 0 Å². The number of hydrogen-bond donors (Lipinski definition) is 1. The zero-order valence-corrected chi connectivity index (χ0v) is 7.45. The van der Waals surface area contributed by atoms with Crippen LogP contribution in [0.5, 0.6) is 0 Å². The third kappa shape index (κ3) is 1.50. The number of hydrogen-bond acceptors (Lipinski definition) is 2. The monoisotopic (exact) mass is 165 g/mol. The van der Waals surface area contributed by atoms with E-state index in [4.69, 9.17) is 5.73 Å². The summed E-state index contributed by atoms with van der Waals surface area (Å²) in [5.41, 5.74) is 7.34. The van der Waals surface area contributed by atoms with E-state index in [2.05, 4.69) is 12.0 Å². The number of aryl methyl sites for hydroxylation is 2. The van der Waals surface area contributed by atoms with Crippen LogP contribution in [0.1, 0.15) is 25.0 Å². The molecule has 3 nitrogen and oxygen atoms in total. The third-order valence-electron chi connectivity index (χ3n) is 2.64. The summed E-state index contributed by atoms with van der Waals surface area (Å²) in [4.78, 5) is 0. The van der Waals surface area contributed by atoms with Gasteiger partial charge in [-0.1, -0.05) is 0 Å². The van der Waals surface area contributed by atoms with Gasteiger partial charge in [-0.05, 0) is 32.3 Å². The molecule has 0 aromatic carbocycles. The molecule has 66 valence electrons. The molecule has 1 heterocycles. The molecule has 1 aromatic rings. The fourth-order valence-corrected chi connectivity index (χ4v) is 1.37. The van der Waals surface area contributed by atoms with Crippen LogP contribution in [0.2, 0.25) is 0 Å². The Morgan fingerprint density at radius 2 is 2.42 bits per heavy atom. The predicted molar refractivity (Wildman–Crippen MR) is 47.7 cm³/mol. The summed E-state index contributed by atoms with van der Waals surface area (Å²) in [6.45, 7) is 3.04. The SMILES string of the molecule is Cc1ccnn1CCC1(N)CC1. The second kappa shape index (κ2) is 2.59. The molecular formula is C9H15N3. The summed E-state index contributed by atoms with van der Waals surface area (Å²) in [6.07, 6.45) is 5.28. The van der Waals surface area contributed by atoms with E-state index in [0.29, 0.717) is 0 Å². The molecule has 0 unspecified atom stereocenters. The van der Waals surface area contributed by atoms with Gasteiger partial charge in [0.1, 0.15) is 0 Å². The van der Waals surface area contributed by atoms with Crippen molar-refractivity contribution in [2.45, 2.75) is 38.3 Å². The van der Waals surface area contributed by atoms with Gasteiger partial charge in [-0.2, -0.15) is 5.10 Å². The fourth-order valence-electron chi connectivity index (χ4n) is 1.37. The molecule has 0 radical (unpaired) electrons. The summed E-state index contributed by atoms with van der Waals surface area (Å²) in [6, 6.07) is 2.02. The first kappa shape index (κ1) is 7.80. The molecule has 0 spiro atoms. The molecule has 2 rings (SSSR count). The van der Waals surface area contributed by atoms with Gasteiger partial charge in [0, 0.05) is 24.0 Å². The highest BCUT2D eigenvalue weighted by molar-refractivity contribution is 5.00. The van der Waals surface area contributed by atoms with Crippen molar-refractivity contribution >= 4 is 0 Å². The lowest BCUT2D eigenvalue weighted by Crippen LogP contribution is -2.24. The number of aromatic nitrogens is 2. The lowest BCUT2D eigenvalue weighted by molar-refractivity contribution is 0.493. The van der Waals surface area contributed by atoms with Gasteiger partial charge in [0.2, 0.25) is 0 Å². The first-order chi connectivity index (χ1) is 5.70. The topological polar surface area (TPSA) is 43.8 Å². The van der Waals surface area contributed by atoms with Gasteiger partial charge in [0.15, 0.2) is 0 Å². The van der Waals surface area contributed by atoms with Crippen molar-refractivity contribution in [1.29, 1.82) is 0 Å². The van der Waals surface area contributed by atoms with Gasteiger partial charge in [-0.15, -0.1) is 0 Å². The Hall–Kier alpha value is -0.830. The summed E-state index contributed by atoms with van der Waals surface area (Å²) in [5, 5.41) is 4.21. The van der Waals surface area contributed by atoms with E-state index in [1.807, 2.05) is 16.9 Å². The number of nitrogens with zero attached hydrogens (tertiary/aromatic N) is 2. The Balaban J connectivity index is 1.91. The van der Waals surface area contributed by atoms with E-state index < -0.39 is 0 Å². The second-order valence-corrected chi connectivity index (χ2v) is 3.81.